The molecule has 1 atom stereocenters. The fourth-order valence-corrected chi connectivity index (χ4v) is 5.28. The standard InChI is InChI=1S/C15H15N3O5S2/c19-14(7-10-5-6-25(22,23)9-10)17-15-16-13(8-24-15)11-1-3-12(4-2-11)18(20)21/h1-4,8,10H,5-7,9H2,(H,16,17,19)/t10-/m0/s1. The van der Waals surface area contributed by atoms with E-state index in [1.165, 1.54) is 23.5 Å². The van der Waals surface area contributed by atoms with Crippen molar-refractivity contribution in [3.8, 4) is 11.3 Å². The zero-order valence-corrected chi connectivity index (χ0v) is 14.7. The van der Waals surface area contributed by atoms with Crippen molar-refractivity contribution in [2.45, 2.75) is 12.8 Å². The van der Waals surface area contributed by atoms with Gasteiger partial charge in [0, 0.05) is 29.5 Å². The zero-order chi connectivity index (χ0) is 18.0. The van der Waals surface area contributed by atoms with Crippen molar-refractivity contribution in [2.24, 2.45) is 5.92 Å². The smallest absolute Gasteiger partial charge is 0.269 e. The van der Waals surface area contributed by atoms with Crippen LogP contribution >= 0.6 is 11.3 Å². The highest BCUT2D eigenvalue weighted by atomic mass is 32.2. The van der Waals surface area contributed by atoms with E-state index in [9.17, 15) is 23.3 Å². The first kappa shape index (κ1) is 17.5. The van der Waals surface area contributed by atoms with E-state index < -0.39 is 14.8 Å². The first-order valence-electron chi connectivity index (χ1n) is 7.53. The summed E-state index contributed by atoms with van der Waals surface area (Å²) in [6.07, 6.45) is 0.674. The van der Waals surface area contributed by atoms with Gasteiger partial charge in [0.1, 0.15) is 0 Å². The van der Waals surface area contributed by atoms with Crippen LogP contribution in [0, 0.1) is 16.0 Å². The summed E-state index contributed by atoms with van der Waals surface area (Å²) >= 11 is 1.25. The maximum Gasteiger partial charge on any atom is 0.269 e. The Morgan fingerprint density at radius 2 is 2.08 bits per heavy atom. The molecule has 0 spiro atoms. The number of carbonyl (C=O) groups is 1. The molecule has 1 aliphatic heterocycles. The van der Waals surface area contributed by atoms with Gasteiger partial charge in [0.15, 0.2) is 15.0 Å². The quantitative estimate of drug-likeness (QED) is 0.628. The Bertz CT molecular complexity index is 906. The van der Waals surface area contributed by atoms with Gasteiger partial charge in [0.2, 0.25) is 5.91 Å². The minimum Gasteiger partial charge on any atom is -0.302 e. The molecule has 1 fully saturated rings. The maximum absolute atomic E-state index is 12.0. The molecule has 0 radical (unpaired) electrons. The van der Waals surface area contributed by atoms with E-state index >= 15 is 0 Å². The molecule has 1 N–H and O–H groups in total. The molecule has 0 aliphatic carbocycles. The number of rotatable bonds is 5. The molecule has 0 unspecified atom stereocenters. The number of carbonyl (C=O) groups excluding carboxylic acids is 1. The third-order valence-corrected chi connectivity index (χ3v) is 6.52. The average molecular weight is 381 g/mol. The summed E-state index contributed by atoms with van der Waals surface area (Å²) in [5, 5.41) is 15.5. The number of hydrogen-bond donors (Lipinski definition) is 1. The number of nitro benzene ring substituents is 1. The molecule has 1 aromatic heterocycles. The summed E-state index contributed by atoms with van der Waals surface area (Å²) in [6.45, 7) is 0. The number of benzene rings is 1. The lowest BCUT2D eigenvalue weighted by atomic mass is 10.1. The number of nitrogens with zero attached hydrogens (tertiary/aromatic N) is 2. The molecule has 8 nitrogen and oxygen atoms in total. The van der Waals surface area contributed by atoms with E-state index in [1.54, 1.807) is 17.5 Å². The highest BCUT2D eigenvalue weighted by Crippen LogP contribution is 2.27. The van der Waals surface area contributed by atoms with Gasteiger partial charge < -0.3 is 5.32 Å². The highest BCUT2D eigenvalue weighted by molar-refractivity contribution is 7.91. The van der Waals surface area contributed by atoms with Gasteiger partial charge in [-0.2, -0.15) is 0 Å². The molecule has 1 aliphatic rings. The third kappa shape index (κ3) is 4.40. The number of nitrogens with one attached hydrogen (secondary N) is 1. The summed E-state index contributed by atoms with van der Waals surface area (Å²) in [6, 6.07) is 5.99. The molecule has 1 amide bonds. The van der Waals surface area contributed by atoms with Crippen molar-refractivity contribution in [3.05, 3.63) is 39.8 Å². The second-order valence-electron chi connectivity index (χ2n) is 5.86. The second kappa shape index (κ2) is 6.89. The second-order valence-corrected chi connectivity index (χ2v) is 8.95. The van der Waals surface area contributed by atoms with Gasteiger partial charge >= 0.3 is 0 Å². The van der Waals surface area contributed by atoms with Crippen LogP contribution in [-0.4, -0.2) is 35.7 Å². The van der Waals surface area contributed by atoms with E-state index in [2.05, 4.69) is 10.3 Å². The predicted octanol–water partition coefficient (Wildman–Crippen LogP) is 2.48. The minimum atomic E-state index is -3.00. The Hall–Kier alpha value is -2.33. The summed E-state index contributed by atoms with van der Waals surface area (Å²) in [4.78, 5) is 26.5. The van der Waals surface area contributed by atoms with Gasteiger partial charge in [-0.25, -0.2) is 13.4 Å². The van der Waals surface area contributed by atoms with Crippen molar-refractivity contribution in [2.75, 3.05) is 16.8 Å². The third-order valence-electron chi connectivity index (χ3n) is 3.93. The van der Waals surface area contributed by atoms with E-state index in [4.69, 9.17) is 0 Å². The van der Waals surface area contributed by atoms with Crippen molar-refractivity contribution < 1.29 is 18.1 Å². The summed E-state index contributed by atoms with van der Waals surface area (Å²) in [5.41, 5.74) is 1.32. The molecule has 2 aromatic rings. The molecule has 132 valence electrons. The largest absolute Gasteiger partial charge is 0.302 e. The lowest BCUT2D eigenvalue weighted by Gasteiger charge is -2.06. The van der Waals surface area contributed by atoms with Crippen molar-refractivity contribution in [1.29, 1.82) is 0 Å². The van der Waals surface area contributed by atoms with Crippen LogP contribution in [0.1, 0.15) is 12.8 Å². The number of non-ortho nitro benzene ring substituents is 1. The van der Waals surface area contributed by atoms with Gasteiger partial charge in [-0.3, -0.25) is 14.9 Å². The monoisotopic (exact) mass is 381 g/mol. The molecule has 3 rings (SSSR count). The molecular weight excluding hydrogens is 366 g/mol. The Labute approximate surface area is 148 Å². The van der Waals surface area contributed by atoms with Crippen LogP contribution < -0.4 is 5.32 Å². The van der Waals surface area contributed by atoms with Crippen molar-refractivity contribution >= 4 is 37.9 Å². The van der Waals surface area contributed by atoms with Gasteiger partial charge in [-0.15, -0.1) is 11.3 Å². The number of hydrogen-bond acceptors (Lipinski definition) is 7. The van der Waals surface area contributed by atoms with Gasteiger partial charge in [-0.1, -0.05) is 0 Å². The van der Waals surface area contributed by atoms with Crippen LogP contribution in [0.15, 0.2) is 29.6 Å². The summed E-state index contributed by atoms with van der Waals surface area (Å²) < 4.78 is 22.8. The van der Waals surface area contributed by atoms with Crippen LogP contribution in [0.25, 0.3) is 11.3 Å². The van der Waals surface area contributed by atoms with E-state index in [-0.39, 0.29) is 35.4 Å². The Morgan fingerprint density at radius 3 is 2.68 bits per heavy atom. The van der Waals surface area contributed by atoms with E-state index in [0.717, 1.165) is 0 Å². The number of anilines is 1. The van der Waals surface area contributed by atoms with Gasteiger partial charge in [0.05, 0.1) is 22.1 Å². The number of amides is 1. The van der Waals surface area contributed by atoms with Crippen LogP contribution in [0.5, 0.6) is 0 Å². The fraction of sp³-hybridized carbons (Fsp3) is 0.333. The Balaban J connectivity index is 1.61. The van der Waals surface area contributed by atoms with E-state index in [1.807, 2.05) is 0 Å². The Morgan fingerprint density at radius 1 is 1.36 bits per heavy atom. The predicted molar refractivity (Wildman–Crippen MR) is 94.2 cm³/mol. The van der Waals surface area contributed by atoms with Crippen LogP contribution in [0.3, 0.4) is 0 Å². The molecule has 0 bridgehead atoms. The number of thiazole rings is 1. The van der Waals surface area contributed by atoms with Crippen LogP contribution in [-0.2, 0) is 14.6 Å². The summed E-state index contributed by atoms with van der Waals surface area (Å²) in [5.74, 6) is -0.190. The van der Waals surface area contributed by atoms with E-state index in [0.29, 0.717) is 22.8 Å². The van der Waals surface area contributed by atoms with Gasteiger partial charge in [-0.05, 0) is 24.5 Å². The first-order valence-corrected chi connectivity index (χ1v) is 10.2. The molecule has 1 aromatic carbocycles. The lowest BCUT2D eigenvalue weighted by molar-refractivity contribution is -0.384. The van der Waals surface area contributed by atoms with Gasteiger partial charge in [0.25, 0.3) is 5.69 Å². The fourth-order valence-electron chi connectivity index (χ4n) is 2.68. The SMILES string of the molecule is O=C(C[C@@H]1CCS(=O)(=O)C1)Nc1nc(-c2ccc([N+](=O)[O-])cc2)cs1. The molecule has 1 saturated heterocycles. The van der Waals surface area contributed by atoms with Crippen LogP contribution in [0.4, 0.5) is 10.8 Å². The van der Waals surface area contributed by atoms with Crippen molar-refractivity contribution in [1.82, 2.24) is 4.98 Å². The molecular formula is C15H15N3O5S2. The normalized spacial score (nSPS) is 18.8. The molecule has 10 heteroatoms. The summed E-state index contributed by atoms with van der Waals surface area (Å²) in [7, 11) is -3.00. The molecule has 25 heavy (non-hydrogen) atoms. The van der Waals surface area contributed by atoms with Crippen LogP contribution in [0.2, 0.25) is 0 Å². The Kier molecular flexibility index (Phi) is 4.82. The highest BCUT2D eigenvalue weighted by Gasteiger charge is 2.29. The first-order chi connectivity index (χ1) is 11.8. The maximum atomic E-state index is 12.0. The topological polar surface area (TPSA) is 119 Å². The average Bonchev–Trinajstić information content (AvgIpc) is 3.13. The number of aromatic nitrogens is 1. The lowest BCUT2D eigenvalue weighted by Crippen LogP contribution is -2.17. The molecule has 2 heterocycles. The van der Waals surface area contributed by atoms with Crippen molar-refractivity contribution in [3.63, 3.8) is 0 Å². The minimum absolute atomic E-state index is 0.000906. The zero-order valence-electron chi connectivity index (χ0n) is 13.0. The number of sulfone groups is 1. The number of nitro groups is 1. The molecule has 0 saturated carbocycles.